The van der Waals surface area contributed by atoms with Crippen LogP contribution in [0.1, 0.15) is 5.56 Å². The van der Waals surface area contributed by atoms with E-state index in [4.69, 9.17) is 0 Å². The Kier molecular flexibility index (Phi) is 4.79. The van der Waals surface area contributed by atoms with Gasteiger partial charge in [0.25, 0.3) is 10.0 Å². The van der Waals surface area contributed by atoms with E-state index in [9.17, 15) is 26.0 Å². The molecule has 0 unspecified atom stereocenters. The van der Waals surface area contributed by atoms with Crippen LogP contribution >= 0.6 is 0 Å². The highest BCUT2D eigenvalue weighted by Gasteiger charge is 2.21. The number of alkyl halides is 2. The monoisotopic (exact) mass is 349 g/mol. The molecule has 0 bridgehead atoms. The number of aryl methyl sites for hydroxylation is 1. The number of benzene rings is 2. The first kappa shape index (κ1) is 17.1. The van der Waals surface area contributed by atoms with Crippen LogP contribution in [0.4, 0.5) is 23.2 Å². The number of hydrogen-bond acceptors (Lipinski definition) is 3. The van der Waals surface area contributed by atoms with Crippen molar-refractivity contribution in [1.29, 1.82) is 0 Å². The molecule has 2 aromatic rings. The van der Waals surface area contributed by atoms with E-state index in [2.05, 4.69) is 9.46 Å². The summed E-state index contributed by atoms with van der Waals surface area (Å²) in [4.78, 5) is -0.857. The van der Waals surface area contributed by atoms with Crippen LogP contribution < -0.4 is 9.46 Å². The summed E-state index contributed by atoms with van der Waals surface area (Å²) in [5.41, 5.74) is 0.291. The van der Waals surface area contributed by atoms with Crippen LogP contribution in [0.3, 0.4) is 0 Å². The summed E-state index contributed by atoms with van der Waals surface area (Å²) >= 11 is 0. The minimum Gasteiger partial charge on any atom is -0.435 e. The van der Waals surface area contributed by atoms with Crippen molar-refractivity contribution in [3.63, 3.8) is 0 Å². The molecule has 0 fully saturated rings. The smallest absolute Gasteiger partial charge is 0.387 e. The lowest BCUT2D eigenvalue weighted by molar-refractivity contribution is -0.0498. The van der Waals surface area contributed by atoms with Gasteiger partial charge in [0.1, 0.15) is 22.3 Å². The fourth-order valence-corrected chi connectivity index (χ4v) is 3.03. The van der Waals surface area contributed by atoms with E-state index in [0.29, 0.717) is 12.1 Å². The molecule has 0 amide bonds. The van der Waals surface area contributed by atoms with Gasteiger partial charge in [-0.3, -0.25) is 4.72 Å². The third-order valence-corrected chi connectivity index (χ3v) is 4.23. The predicted molar refractivity (Wildman–Crippen MR) is 75.0 cm³/mol. The summed E-state index contributed by atoms with van der Waals surface area (Å²) in [7, 11) is -4.38. The van der Waals surface area contributed by atoms with Crippen molar-refractivity contribution < 1.29 is 30.7 Å². The Morgan fingerprint density at radius 1 is 1.09 bits per heavy atom. The lowest BCUT2D eigenvalue weighted by Crippen LogP contribution is -2.15. The first-order valence-corrected chi connectivity index (χ1v) is 7.71. The van der Waals surface area contributed by atoms with E-state index in [-0.39, 0.29) is 17.0 Å². The van der Waals surface area contributed by atoms with Gasteiger partial charge in [-0.2, -0.15) is 8.78 Å². The minimum atomic E-state index is -4.38. The summed E-state index contributed by atoms with van der Waals surface area (Å²) in [5.74, 6) is -2.18. The molecule has 0 aliphatic heterocycles. The second-order valence-corrected chi connectivity index (χ2v) is 6.19. The summed E-state index contributed by atoms with van der Waals surface area (Å²) in [6, 6.07) is 5.51. The van der Waals surface area contributed by atoms with Crippen molar-refractivity contribution in [1.82, 2.24) is 0 Å². The largest absolute Gasteiger partial charge is 0.435 e. The molecule has 0 saturated carbocycles. The molecule has 0 aliphatic carbocycles. The fourth-order valence-electron chi connectivity index (χ4n) is 1.81. The zero-order valence-electron chi connectivity index (χ0n) is 11.7. The number of sulfonamides is 1. The molecule has 0 aliphatic rings. The van der Waals surface area contributed by atoms with Crippen molar-refractivity contribution in [3.8, 4) is 5.75 Å². The van der Waals surface area contributed by atoms with Crippen LogP contribution in [-0.4, -0.2) is 15.0 Å². The van der Waals surface area contributed by atoms with E-state index in [0.717, 1.165) is 12.1 Å². The number of ether oxygens (including phenoxy) is 1. The second-order valence-electron chi connectivity index (χ2n) is 4.54. The zero-order valence-corrected chi connectivity index (χ0v) is 12.5. The summed E-state index contributed by atoms with van der Waals surface area (Å²) in [6.07, 6.45) is 0. The molecule has 4 nitrogen and oxygen atoms in total. The molecule has 2 rings (SSSR count). The molecule has 124 valence electrons. The average Bonchev–Trinajstić information content (AvgIpc) is 2.43. The fraction of sp³-hybridized carbons (Fsp3) is 0.143. The van der Waals surface area contributed by atoms with Crippen LogP contribution in [0.5, 0.6) is 5.75 Å². The van der Waals surface area contributed by atoms with Crippen molar-refractivity contribution in [2.75, 3.05) is 4.72 Å². The van der Waals surface area contributed by atoms with Gasteiger partial charge < -0.3 is 4.74 Å². The molecule has 0 aromatic heterocycles. The van der Waals surface area contributed by atoms with Crippen LogP contribution in [0.15, 0.2) is 41.3 Å². The maximum atomic E-state index is 13.6. The molecule has 0 heterocycles. The third-order valence-electron chi connectivity index (χ3n) is 2.85. The maximum Gasteiger partial charge on any atom is 0.387 e. The number of rotatable bonds is 5. The summed E-state index contributed by atoms with van der Waals surface area (Å²) in [5, 5.41) is 0. The molecule has 1 N–H and O–H groups in total. The third kappa shape index (κ3) is 4.13. The van der Waals surface area contributed by atoms with Crippen LogP contribution in [0.25, 0.3) is 0 Å². The maximum absolute atomic E-state index is 13.6. The molecular formula is C14H11F4NO3S. The molecule has 0 radical (unpaired) electrons. The van der Waals surface area contributed by atoms with E-state index >= 15 is 0 Å². The van der Waals surface area contributed by atoms with Gasteiger partial charge in [-0.15, -0.1) is 0 Å². The Labute approximate surface area is 129 Å². The van der Waals surface area contributed by atoms with E-state index in [1.165, 1.54) is 19.1 Å². The SMILES string of the molecule is Cc1cc(OC(F)F)ccc1NS(=O)(=O)c1cc(F)ccc1F. The van der Waals surface area contributed by atoms with Crippen LogP contribution in [0.2, 0.25) is 0 Å². The highest BCUT2D eigenvalue weighted by atomic mass is 32.2. The Hall–Kier alpha value is -2.29. The Morgan fingerprint density at radius 3 is 2.39 bits per heavy atom. The quantitative estimate of drug-likeness (QED) is 0.838. The lowest BCUT2D eigenvalue weighted by Gasteiger charge is -2.13. The number of nitrogens with one attached hydrogen (secondary N) is 1. The summed E-state index contributed by atoms with van der Waals surface area (Å²) in [6.45, 7) is -1.57. The van der Waals surface area contributed by atoms with Gasteiger partial charge in [0, 0.05) is 0 Å². The van der Waals surface area contributed by atoms with Crippen LogP contribution in [-0.2, 0) is 10.0 Å². The van der Waals surface area contributed by atoms with Gasteiger partial charge in [0.05, 0.1) is 5.69 Å². The molecule has 0 saturated heterocycles. The molecule has 0 atom stereocenters. The van der Waals surface area contributed by atoms with E-state index in [1.54, 1.807) is 0 Å². The van der Waals surface area contributed by atoms with Crippen molar-refractivity contribution in [3.05, 3.63) is 53.6 Å². The molecule has 0 spiro atoms. The standard InChI is InChI=1S/C14H11F4NO3S/c1-8-6-10(22-14(17)18)3-5-12(8)19-23(20,21)13-7-9(15)2-4-11(13)16/h2-7,14,19H,1H3. The van der Waals surface area contributed by atoms with Gasteiger partial charge >= 0.3 is 6.61 Å². The van der Waals surface area contributed by atoms with Gasteiger partial charge in [-0.1, -0.05) is 0 Å². The van der Waals surface area contributed by atoms with Gasteiger partial charge in [0.15, 0.2) is 0 Å². The molecule has 2 aromatic carbocycles. The number of halogens is 4. The first-order valence-electron chi connectivity index (χ1n) is 6.22. The zero-order chi connectivity index (χ0) is 17.2. The molecular weight excluding hydrogens is 338 g/mol. The van der Waals surface area contributed by atoms with Gasteiger partial charge in [-0.05, 0) is 48.9 Å². The number of hydrogen-bond donors (Lipinski definition) is 1. The minimum absolute atomic E-state index is 0.0234. The van der Waals surface area contributed by atoms with Crippen LogP contribution in [0, 0.1) is 18.6 Å². The van der Waals surface area contributed by atoms with Gasteiger partial charge in [0.2, 0.25) is 0 Å². The highest BCUT2D eigenvalue weighted by molar-refractivity contribution is 7.92. The Morgan fingerprint density at radius 2 is 1.78 bits per heavy atom. The first-order chi connectivity index (χ1) is 10.7. The van der Waals surface area contributed by atoms with E-state index < -0.39 is 33.2 Å². The number of anilines is 1. The normalized spacial score (nSPS) is 11.6. The second kappa shape index (κ2) is 6.45. The van der Waals surface area contributed by atoms with Crippen molar-refractivity contribution in [2.45, 2.75) is 18.4 Å². The molecule has 23 heavy (non-hydrogen) atoms. The van der Waals surface area contributed by atoms with Gasteiger partial charge in [-0.25, -0.2) is 17.2 Å². The Balaban J connectivity index is 2.32. The highest BCUT2D eigenvalue weighted by Crippen LogP contribution is 2.26. The lowest BCUT2D eigenvalue weighted by atomic mass is 10.2. The topological polar surface area (TPSA) is 55.4 Å². The average molecular weight is 349 g/mol. The van der Waals surface area contributed by atoms with Crippen molar-refractivity contribution in [2.24, 2.45) is 0 Å². The molecule has 9 heteroatoms. The van der Waals surface area contributed by atoms with E-state index in [1.807, 2.05) is 0 Å². The predicted octanol–water partition coefficient (Wildman–Crippen LogP) is 3.68. The Bertz CT molecular complexity index is 825. The summed E-state index contributed by atoms with van der Waals surface area (Å²) < 4.78 is 81.4. The van der Waals surface area contributed by atoms with Crippen molar-refractivity contribution >= 4 is 15.7 Å².